The number of hydrogen-bond donors (Lipinski definition) is 1. The average molecular weight is 288 g/mol. The van der Waals surface area contributed by atoms with Crippen LogP contribution in [-0.4, -0.2) is 29.4 Å². The van der Waals surface area contributed by atoms with Crippen molar-refractivity contribution in [2.24, 2.45) is 0 Å². The Morgan fingerprint density at radius 1 is 1.19 bits per heavy atom. The molecule has 0 aromatic heterocycles. The van der Waals surface area contributed by atoms with Crippen LogP contribution in [0.5, 0.6) is 0 Å². The Bertz CT molecular complexity index is 555. The molecule has 0 saturated heterocycles. The van der Waals surface area contributed by atoms with E-state index in [1.807, 2.05) is 0 Å². The van der Waals surface area contributed by atoms with E-state index in [2.05, 4.69) is 6.58 Å². The van der Waals surface area contributed by atoms with Crippen molar-refractivity contribution >= 4 is 23.8 Å². The second kappa shape index (κ2) is 8.47. The van der Waals surface area contributed by atoms with E-state index in [4.69, 9.17) is 9.84 Å². The lowest BCUT2D eigenvalue weighted by Gasteiger charge is -1.99. The molecule has 0 aliphatic rings. The zero-order valence-electron chi connectivity index (χ0n) is 11.5. The van der Waals surface area contributed by atoms with Crippen LogP contribution in [0, 0.1) is 0 Å². The third-order valence-corrected chi connectivity index (χ3v) is 2.48. The molecule has 0 aliphatic heterocycles. The maximum absolute atomic E-state index is 11.5. The first-order valence-electron chi connectivity index (χ1n) is 6.29. The number of esters is 1. The third kappa shape index (κ3) is 6.87. The highest BCUT2D eigenvalue weighted by atomic mass is 16.5. The van der Waals surface area contributed by atoms with Crippen molar-refractivity contribution in [1.82, 2.24) is 0 Å². The van der Waals surface area contributed by atoms with Gasteiger partial charge in [0.2, 0.25) is 0 Å². The van der Waals surface area contributed by atoms with E-state index in [0.717, 1.165) is 5.56 Å². The monoisotopic (exact) mass is 288 g/mol. The van der Waals surface area contributed by atoms with Crippen LogP contribution in [0.1, 0.15) is 17.5 Å². The van der Waals surface area contributed by atoms with Gasteiger partial charge >= 0.3 is 11.9 Å². The second-order valence-electron chi connectivity index (χ2n) is 4.26. The number of benzene rings is 1. The number of aliphatic carboxylic acids is 1. The summed E-state index contributed by atoms with van der Waals surface area (Å²) in [5.74, 6) is -1.86. The first-order valence-corrected chi connectivity index (χ1v) is 6.29. The highest BCUT2D eigenvalue weighted by Crippen LogP contribution is 2.07. The van der Waals surface area contributed by atoms with Crippen LogP contribution in [-0.2, 0) is 25.5 Å². The van der Waals surface area contributed by atoms with Gasteiger partial charge in [-0.2, -0.15) is 0 Å². The summed E-state index contributed by atoms with van der Waals surface area (Å²) in [5.41, 5.74) is 1.43. The van der Waals surface area contributed by atoms with Crippen molar-refractivity contribution in [3.63, 3.8) is 0 Å². The molecular formula is C16H16O5. The lowest BCUT2D eigenvalue weighted by Crippen LogP contribution is -2.09. The van der Waals surface area contributed by atoms with Crippen LogP contribution in [0.2, 0.25) is 0 Å². The van der Waals surface area contributed by atoms with E-state index < -0.39 is 11.9 Å². The molecule has 110 valence electrons. The summed E-state index contributed by atoms with van der Waals surface area (Å²) in [6.45, 7) is 3.48. The molecule has 5 heteroatoms. The average Bonchev–Trinajstić information content (AvgIpc) is 2.44. The van der Waals surface area contributed by atoms with Crippen molar-refractivity contribution in [1.29, 1.82) is 0 Å². The highest BCUT2D eigenvalue weighted by Gasteiger charge is 2.07. The van der Waals surface area contributed by atoms with E-state index in [0.29, 0.717) is 5.56 Å². The molecule has 0 amide bonds. The minimum Gasteiger partial charge on any atom is -0.481 e. The number of ketones is 1. The maximum Gasteiger partial charge on any atom is 0.313 e. The van der Waals surface area contributed by atoms with E-state index in [9.17, 15) is 14.4 Å². The molecule has 0 atom stereocenters. The van der Waals surface area contributed by atoms with Gasteiger partial charge in [-0.3, -0.25) is 14.4 Å². The van der Waals surface area contributed by atoms with Crippen LogP contribution in [0.25, 0.3) is 6.08 Å². The molecule has 0 heterocycles. The maximum atomic E-state index is 11.5. The van der Waals surface area contributed by atoms with Crippen LogP contribution in [0.3, 0.4) is 0 Å². The molecule has 0 saturated carbocycles. The molecule has 1 aromatic rings. The smallest absolute Gasteiger partial charge is 0.313 e. The van der Waals surface area contributed by atoms with Gasteiger partial charge in [0.25, 0.3) is 0 Å². The lowest BCUT2D eigenvalue weighted by atomic mass is 10.1. The van der Waals surface area contributed by atoms with Crippen molar-refractivity contribution in [2.45, 2.75) is 12.8 Å². The Kier molecular flexibility index (Phi) is 6.60. The number of carboxylic acid groups (broad SMARTS) is 1. The summed E-state index contributed by atoms with van der Waals surface area (Å²) >= 11 is 0. The van der Waals surface area contributed by atoms with Gasteiger partial charge in [-0.15, -0.1) is 0 Å². The Morgan fingerprint density at radius 3 is 2.43 bits per heavy atom. The molecule has 5 nitrogen and oxygen atoms in total. The lowest BCUT2D eigenvalue weighted by molar-refractivity contribution is -0.144. The molecule has 1 N–H and O–H groups in total. The predicted octanol–water partition coefficient (Wildman–Crippen LogP) is 2.02. The number of allylic oxidation sites excluding steroid dienone is 1. The number of rotatable bonds is 8. The minimum atomic E-state index is -0.897. The number of carbonyl (C=O) groups excluding carboxylic acids is 2. The Balaban J connectivity index is 2.51. The summed E-state index contributed by atoms with van der Waals surface area (Å²) in [4.78, 5) is 33.2. The van der Waals surface area contributed by atoms with E-state index in [1.54, 1.807) is 30.3 Å². The molecule has 0 spiro atoms. The largest absolute Gasteiger partial charge is 0.481 e. The second-order valence-corrected chi connectivity index (χ2v) is 4.26. The van der Waals surface area contributed by atoms with Crippen molar-refractivity contribution in [2.75, 3.05) is 6.61 Å². The fraction of sp³-hybridized carbons (Fsp3) is 0.188. The molecular weight excluding hydrogens is 272 g/mol. The zero-order valence-corrected chi connectivity index (χ0v) is 11.5. The van der Waals surface area contributed by atoms with Gasteiger partial charge in [0.15, 0.2) is 5.78 Å². The summed E-state index contributed by atoms with van der Waals surface area (Å²) in [5, 5.41) is 8.65. The van der Waals surface area contributed by atoms with E-state index in [-0.39, 0.29) is 25.2 Å². The zero-order chi connectivity index (χ0) is 15.7. The van der Waals surface area contributed by atoms with Crippen LogP contribution in [0.4, 0.5) is 0 Å². The van der Waals surface area contributed by atoms with Crippen LogP contribution in [0.15, 0.2) is 43.0 Å². The molecule has 0 fully saturated rings. The molecule has 1 rings (SSSR count). The Labute approximate surface area is 122 Å². The van der Waals surface area contributed by atoms with Gasteiger partial charge in [0.1, 0.15) is 13.0 Å². The van der Waals surface area contributed by atoms with Gasteiger partial charge in [-0.25, -0.2) is 0 Å². The van der Waals surface area contributed by atoms with Crippen LogP contribution < -0.4 is 0 Å². The van der Waals surface area contributed by atoms with Gasteiger partial charge in [0.05, 0.1) is 6.42 Å². The van der Waals surface area contributed by atoms with Gasteiger partial charge in [-0.05, 0) is 17.2 Å². The van der Waals surface area contributed by atoms with Crippen molar-refractivity contribution < 1.29 is 24.2 Å². The Hall–Kier alpha value is -2.69. The fourth-order valence-corrected chi connectivity index (χ4v) is 1.51. The molecule has 0 aliphatic carbocycles. The Morgan fingerprint density at radius 2 is 1.86 bits per heavy atom. The third-order valence-electron chi connectivity index (χ3n) is 2.48. The SMILES string of the molecule is C=CCOC(=O)CC(=O)C=Cc1ccc(CC(=O)O)cc1. The summed E-state index contributed by atoms with van der Waals surface area (Å²) in [7, 11) is 0. The first kappa shape index (κ1) is 16.4. The van der Waals surface area contributed by atoms with E-state index in [1.165, 1.54) is 12.2 Å². The molecule has 21 heavy (non-hydrogen) atoms. The summed E-state index contributed by atoms with van der Waals surface area (Å²) in [6, 6.07) is 6.77. The number of carboxylic acids is 1. The fourth-order valence-electron chi connectivity index (χ4n) is 1.51. The highest BCUT2D eigenvalue weighted by molar-refractivity contribution is 6.03. The van der Waals surface area contributed by atoms with Gasteiger partial charge < -0.3 is 9.84 Å². The van der Waals surface area contributed by atoms with Crippen LogP contribution >= 0.6 is 0 Å². The quantitative estimate of drug-likeness (QED) is 0.342. The normalized spacial score (nSPS) is 10.3. The number of hydrogen-bond acceptors (Lipinski definition) is 4. The standard InChI is InChI=1S/C16H16O5/c1-2-9-21-16(20)11-14(17)8-7-12-3-5-13(6-4-12)10-15(18)19/h2-8H,1,9-11H2,(H,18,19). The van der Waals surface area contributed by atoms with E-state index >= 15 is 0 Å². The van der Waals surface area contributed by atoms with Crippen molar-refractivity contribution in [3.05, 3.63) is 54.1 Å². The molecule has 0 bridgehead atoms. The van der Waals surface area contributed by atoms with Crippen molar-refractivity contribution in [3.8, 4) is 0 Å². The molecule has 1 aromatic carbocycles. The summed E-state index contributed by atoms with van der Waals surface area (Å²) in [6.07, 6.45) is 3.92. The predicted molar refractivity (Wildman–Crippen MR) is 77.6 cm³/mol. The number of carbonyl (C=O) groups is 3. The molecule has 0 unspecified atom stereocenters. The van der Waals surface area contributed by atoms with Gasteiger partial charge in [0, 0.05) is 0 Å². The first-order chi connectivity index (χ1) is 10.0. The molecule has 0 radical (unpaired) electrons. The minimum absolute atomic E-state index is 0.0436. The number of ether oxygens (including phenoxy) is 1. The summed E-state index contributed by atoms with van der Waals surface area (Å²) < 4.78 is 4.70. The topological polar surface area (TPSA) is 80.7 Å². The van der Waals surface area contributed by atoms with Gasteiger partial charge in [-0.1, -0.05) is 43.0 Å².